The van der Waals surface area contributed by atoms with Crippen LogP contribution in [0.15, 0.2) is 0 Å². The largest absolute Gasteiger partial charge is 0.391 e. The summed E-state index contributed by atoms with van der Waals surface area (Å²) in [6.07, 6.45) is 5.26. The van der Waals surface area contributed by atoms with E-state index in [4.69, 9.17) is 0 Å². The van der Waals surface area contributed by atoms with Crippen molar-refractivity contribution in [1.82, 2.24) is 9.21 Å². The Labute approximate surface area is 116 Å². The molecule has 2 fully saturated rings. The van der Waals surface area contributed by atoms with Gasteiger partial charge in [-0.25, -0.2) is 8.42 Å². The zero-order chi connectivity index (χ0) is 14.0. The Balaban J connectivity index is 1.93. The fourth-order valence-electron chi connectivity index (χ4n) is 3.35. The van der Waals surface area contributed by atoms with Gasteiger partial charge in [-0.3, -0.25) is 4.90 Å². The van der Waals surface area contributed by atoms with Gasteiger partial charge < -0.3 is 5.11 Å². The average molecular weight is 290 g/mol. The van der Waals surface area contributed by atoms with Crippen molar-refractivity contribution in [3.8, 4) is 0 Å². The maximum absolute atomic E-state index is 11.5. The van der Waals surface area contributed by atoms with Gasteiger partial charge in [0.2, 0.25) is 10.0 Å². The molecule has 5 nitrogen and oxygen atoms in total. The first-order chi connectivity index (χ1) is 8.91. The van der Waals surface area contributed by atoms with Gasteiger partial charge >= 0.3 is 0 Å². The molecule has 2 aliphatic rings. The van der Waals surface area contributed by atoms with E-state index in [9.17, 15) is 13.5 Å². The maximum Gasteiger partial charge on any atom is 0.211 e. The van der Waals surface area contributed by atoms with E-state index in [1.807, 2.05) is 0 Å². The molecule has 1 N–H and O–H groups in total. The molecule has 0 radical (unpaired) electrons. The number of rotatable bonds is 3. The molecule has 1 aliphatic carbocycles. The third-order valence-corrected chi connectivity index (χ3v) is 5.98. The summed E-state index contributed by atoms with van der Waals surface area (Å²) in [7, 11) is -3.06. The standard InChI is InChI=1S/C13H26N2O3S/c1-3-11-4-5-13(16)12(10-11)14-6-8-15(9-7-14)19(2,17)18/h11-13,16H,3-10H2,1-2H3. The molecule has 6 heteroatoms. The average Bonchev–Trinajstić information content (AvgIpc) is 2.38. The van der Waals surface area contributed by atoms with Gasteiger partial charge in [0, 0.05) is 32.2 Å². The SMILES string of the molecule is CCC1CCC(O)C(N2CCN(S(C)(=O)=O)CC2)C1. The number of sulfonamides is 1. The number of aliphatic hydroxyl groups excluding tert-OH is 1. The van der Waals surface area contributed by atoms with Crippen LogP contribution in [0.25, 0.3) is 0 Å². The van der Waals surface area contributed by atoms with E-state index in [1.54, 1.807) is 0 Å². The van der Waals surface area contributed by atoms with Gasteiger partial charge in [0.25, 0.3) is 0 Å². The van der Waals surface area contributed by atoms with Crippen molar-refractivity contribution < 1.29 is 13.5 Å². The van der Waals surface area contributed by atoms with Crippen LogP contribution in [0.4, 0.5) is 0 Å². The summed E-state index contributed by atoms with van der Waals surface area (Å²) in [6.45, 7) is 4.80. The van der Waals surface area contributed by atoms with Gasteiger partial charge in [0.1, 0.15) is 0 Å². The van der Waals surface area contributed by atoms with Gasteiger partial charge in [-0.1, -0.05) is 13.3 Å². The summed E-state index contributed by atoms with van der Waals surface area (Å²) in [5, 5.41) is 10.2. The monoisotopic (exact) mass is 290 g/mol. The maximum atomic E-state index is 11.5. The molecule has 112 valence electrons. The first-order valence-electron chi connectivity index (χ1n) is 7.29. The van der Waals surface area contributed by atoms with Crippen molar-refractivity contribution in [2.24, 2.45) is 5.92 Å². The molecule has 1 saturated carbocycles. The van der Waals surface area contributed by atoms with Gasteiger partial charge in [0.15, 0.2) is 0 Å². The molecule has 0 aromatic heterocycles. The predicted octanol–water partition coefficient (Wildman–Crippen LogP) is 0.503. The van der Waals surface area contributed by atoms with Crippen molar-refractivity contribution >= 4 is 10.0 Å². The molecular formula is C13H26N2O3S. The van der Waals surface area contributed by atoms with Crippen LogP contribution in [0.3, 0.4) is 0 Å². The highest BCUT2D eigenvalue weighted by Crippen LogP contribution is 2.30. The molecule has 19 heavy (non-hydrogen) atoms. The summed E-state index contributed by atoms with van der Waals surface area (Å²) in [6, 6.07) is 0.223. The van der Waals surface area contributed by atoms with Crippen molar-refractivity contribution in [2.75, 3.05) is 32.4 Å². The van der Waals surface area contributed by atoms with Crippen LogP contribution in [-0.2, 0) is 10.0 Å². The molecule has 2 rings (SSSR count). The lowest BCUT2D eigenvalue weighted by Gasteiger charge is -2.43. The van der Waals surface area contributed by atoms with E-state index < -0.39 is 10.0 Å². The van der Waals surface area contributed by atoms with E-state index in [0.717, 1.165) is 32.4 Å². The van der Waals surface area contributed by atoms with E-state index in [2.05, 4.69) is 11.8 Å². The second-order valence-electron chi connectivity index (χ2n) is 5.92. The summed E-state index contributed by atoms with van der Waals surface area (Å²) >= 11 is 0. The van der Waals surface area contributed by atoms with Crippen molar-refractivity contribution in [1.29, 1.82) is 0 Å². The zero-order valence-electron chi connectivity index (χ0n) is 12.0. The van der Waals surface area contributed by atoms with Crippen molar-refractivity contribution in [3.63, 3.8) is 0 Å². The predicted molar refractivity (Wildman–Crippen MR) is 75.4 cm³/mol. The quantitative estimate of drug-likeness (QED) is 0.822. The minimum atomic E-state index is -3.06. The second-order valence-corrected chi connectivity index (χ2v) is 7.90. The third kappa shape index (κ3) is 3.68. The minimum absolute atomic E-state index is 0.223. The molecule has 0 bridgehead atoms. The highest BCUT2D eigenvalue weighted by Gasteiger charge is 2.35. The molecule has 1 heterocycles. The number of hydrogen-bond acceptors (Lipinski definition) is 4. The normalized spacial score (nSPS) is 35.4. The summed E-state index contributed by atoms with van der Waals surface area (Å²) in [4.78, 5) is 2.29. The van der Waals surface area contributed by atoms with Crippen LogP contribution in [0.5, 0.6) is 0 Å². The van der Waals surface area contributed by atoms with Crippen molar-refractivity contribution in [3.05, 3.63) is 0 Å². The Morgan fingerprint density at radius 2 is 1.79 bits per heavy atom. The minimum Gasteiger partial charge on any atom is -0.391 e. The highest BCUT2D eigenvalue weighted by atomic mass is 32.2. The summed E-state index contributed by atoms with van der Waals surface area (Å²) in [5.74, 6) is 0.710. The number of hydrogen-bond donors (Lipinski definition) is 1. The fourth-order valence-corrected chi connectivity index (χ4v) is 4.17. The summed E-state index contributed by atoms with van der Waals surface area (Å²) < 4.78 is 24.5. The van der Waals surface area contributed by atoms with Gasteiger partial charge in [0.05, 0.1) is 12.4 Å². The number of nitrogens with zero attached hydrogens (tertiary/aromatic N) is 2. The lowest BCUT2D eigenvalue weighted by atomic mass is 9.81. The van der Waals surface area contributed by atoms with Crippen LogP contribution in [0, 0.1) is 5.92 Å². The molecule has 1 aliphatic heterocycles. The molecule has 0 amide bonds. The lowest BCUT2D eigenvalue weighted by molar-refractivity contribution is -0.00916. The lowest BCUT2D eigenvalue weighted by Crippen LogP contribution is -2.56. The second kappa shape index (κ2) is 6.08. The topological polar surface area (TPSA) is 60.9 Å². The fraction of sp³-hybridized carbons (Fsp3) is 1.00. The van der Waals surface area contributed by atoms with E-state index in [0.29, 0.717) is 19.0 Å². The number of aliphatic hydroxyl groups is 1. The molecule has 0 aromatic rings. The molecule has 1 saturated heterocycles. The van der Waals surface area contributed by atoms with Crippen molar-refractivity contribution in [2.45, 2.75) is 44.8 Å². The summed E-state index contributed by atoms with van der Waals surface area (Å²) in [5.41, 5.74) is 0. The van der Waals surface area contributed by atoms with Crippen LogP contribution >= 0.6 is 0 Å². The van der Waals surface area contributed by atoms with Crippen LogP contribution in [0.2, 0.25) is 0 Å². The van der Waals surface area contributed by atoms with E-state index >= 15 is 0 Å². The molecule has 0 spiro atoms. The van der Waals surface area contributed by atoms with Gasteiger partial charge in [-0.2, -0.15) is 4.31 Å². The first kappa shape index (κ1) is 15.2. The van der Waals surface area contributed by atoms with E-state index in [-0.39, 0.29) is 12.1 Å². The van der Waals surface area contributed by atoms with Crippen LogP contribution in [0.1, 0.15) is 32.6 Å². The van der Waals surface area contributed by atoms with Crippen LogP contribution in [-0.4, -0.2) is 67.3 Å². The molecule has 0 aromatic carbocycles. The molecular weight excluding hydrogens is 264 g/mol. The Morgan fingerprint density at radius 3 is 2.32 bits per heavy atom. The number of piperazine rings is 1. The highest BCUT2D eigenvalue weighted by molar-refractivity contribution is 7.88. The Morgan fingerprint density at radius 1 is 1.16 bits per heavy atom. The van der Waals surface area contributed by atoms with Gasteiger partial charge in [-0.15, -0.1) is 0 Å². The Kier molecular flexibility index (Phi) is 4.87. The zero-order valence-corrected chi connectivity index (χ0v) is 12.8. The Hall–Kier alpha value is -0.170. The van der Waals surface area contributed by atoms with E-state index in [1.165, 1.54) is 17.0 Å². The Bertz CT molecular complexity index is 391. The molecule has 3 unspecified atom stereocenters. The van der Waals surface area contributed by atoms with Crippen LogP contribution < -0.4 is 0 Å². The smallest absolute Gasteiger partial charge is 0.211 e. The molecule has 3 atom stereocenters. The van der Waals surface area contributed by atoms with Gasteiger partial charge in [-0.05, 0) is 25.2 Å². The third-order valence-electron chi connectivity index (χ3n) is 4.68. The first-order valence-corrected chi connectivity index (χ1v) is 9.14.